The van der Waals surface area contributed by atoms with E-state index in [0.29, 0.717) is 4.90 Å². The molecule has 1 unspecified atom stereocenters. The molecule has 0 aliphatic heterocycles. The van der Waals surface area contributed by atoms with Crippen LogP contribution in [0.3, 0.4) is 0 Å². The zero-order valence-corrected chi connectivity index (χ0v) is 14.0. The van der Waals surface area contributed by atoms with E-state index in [1.54, 1.807) is 23.5 Å². The summed E-state index contributed by atoms with van der Waals surface area (Å²) in [5.41, 5.74) is 2.33. The fourth-order valence-corrected chi connectivity index (χ4v) is 3.49. The lowest BCUT2D eigenvalue weighted by atomic mass is 10.1. The van der Waals surface area contributed by atoms with E-state index < -0.39 is 10.0 Å². The molecule has 0 aliphatic rings. The Labute approximate surface area is 130 Å². The molecule has 1 N–H and O–H groups in total. The second-order valence-corrected chi connectivity index (χ2v) is 8.02. The van der Waals surface area contributed by atoms with Crippen molar-refractivity contribution >= 4 is 21.4 Å². The van der Waals surface area contributed by atoms with E-state index in [2.05, 4.69) is 29.1 Å². The molecule has 6 heteroatoms. The van der Waals surface area contributed by atoms with Gasteiger partial charge < -0.3 is 5.32 Å². The standard InChI is InChI=1S/C15H20N2O2S2/c1-12(16-10-13-8-9-20-11-13)14-4-6-15(7-5-14)21(18,19)17(2)3/h4-9,11-12,16H,10H2,1-3H3. The van der Waals surface area contributed by atoms with Gasteiger partial charge in [-0.05, 0) is 47.0 Å². The lowest BCUT2D eigenvalue weighted by Crippen LogP contribution is -2.22. The van der Waals surface area contributed by atoms with Gasteiger partial charge in [-0.3, -0.25) is 0 Å². The number of sulfonamides is 1. The summed E-state index contributed by atoms with van der Waals surface area (Å²) in [5, 5.41) is 7.60. The minimum absolute atomic E-state index is 0.168. The summed E-state index contributed by atoms with van der Waals surface area (Å²) in [4.78, 5) is 0.321. The average molecular weight is 324 g/mol. The van der Waals surface area contributed by atoms with Gasteiger partial charge in [-0.1, -0.05) is 12.1 Å². The highest BCUT2D eigenvalue weighted by molar-refractivity contribution is 7.89. The summed E-state index contributed by atoms with van der Waals surface area (Å²) >= 11 is 1.68. The number of hydrogen-bond acceptors (Lipinski definition) is 4. The van der Waals surface area contributed by atoms with E-state index in [0.717, 1.165) is 12.1 Å². The topological polar surface area (TPSA) is 49.4 Å². The fourth-order valence-electron chi connectivity index (χ4n) is 1.92. The molecule has 2 rings (SSSR count). The number of rotatable bonds is 6. The molecule has 2 aromatic rings. The van der Waals surface area contributed by atoms with E-state index in [1.165, 1.54) is 24.0 Å². The quantitative estimate of drug-likeness (QED) is 0.889. The van der Waals surface area contributed by atoms with Crippen molar-refractivity contribution in [3.8, 4) is 0 Å². The third-order valence-electron chi connectivity index (χ3n) is 3.35. The summed E-state index contributed by atoms with van der Waals surface area (Å²) in [5.74, 6) is 0. The van der Waals surface area contributed by atoms with Crippen molar-refractivity contribution in [2.24, 2.45) is 0 Å². The summed E-state index contributed by atoms with van der Waals surface area (Å²) in [6.07, 6.45) is 0. The van der Waals surface area contributed by atoms with Gasteiger partial charge in [0.25, 0.3) is 0 Å². The van der Waals surface area contributed by atoms with E-state index in [4.69, 9.17) is 0 Å². The number of benzene rings is 1. The molecule has 0 fully saturated rings. The Balaban J connectivity index is 2.05. The number of thiophene rings is 1. The van der Waals surface area contributed by atoms with Crippen LogP contribution in [0.15, 0.2) is 46.0 Å². The Morgan fingerprint density at radius 1 is 1.19 bits per heavy atom. The monoisotopic (exact) mass is 324 g/mol. The minimum Gasteiger partial charge on any atom is -0.306 e. The first kappa shape index (κ1) is 16.2. The molecule has 1 aromatic carbocycles. The molecule has 4 nitrogen and oxygen atoms in total. The van der Waals surface area contributed by atoms with Crippen LogP contribution in [0.2, 0.25) is 0 Å². The van der Waals surface area contributed by atoms with Crippen molar-refractivity contribution in [3.63, 3.8) is 0 Å². The predicted molar refractivity (Wildman–Crippen MR) is 86.9 cm³/mol. The van der Waals surface area contributed by atoms with Gasteiger partial charge in [-0.15, -0.1) is 0 Å². The third kappa shape index (κ3) is 3.91. The molecule has 0 saturated heterocycles. The Morgan fingerprint density at radius 3 is 2.38 bits per heavy atom. The molecule has 0 radical (unpaired) electrons. The van der Waals surface area contributed by atoms with Gasteiger partial charge in [0.1, 0.15) is 0 Å². The first-order valence-electron chi connectivity index (χ1n) is 6.68. The van der Waals surface area contributed by atoms with Crippen LogP contribution < -0.4 is 5.32 Å². The van der Waals surface area contributed by atoms with Crippen molar-refractivity contribution in [2.75, 3.05) is 14.1 Å². The largest absolute Gasteiger partial charge is 0.306 e. The van der Waals surface area contributed by atoms with Crippen LogP contribution >= 0.6 is 11.3 Å². The molecule has 0 spiro atoms. The number of nitrogens with zero attached hydrogens (tertiary/aromatic N) is 1. The minimum atomic E-state index is -3.35. The van der Waals surface area contributed by atoms with Crippen molar-refractivity contribution in [3.05, 3.63) is 52.2 Å². The van der Waals surface area contributed by atoms with E-state index >= 15 is 0 Å². The number of nitrogens with one attached hydrogen (secondary N) is 1. The van der Waals surface area contributed by atoms with Crippen molar-refractivity contribution < 1.29 is 8.42 Å². The first-order chi connectivity index (χ1) is 9.91. The molecule has 1 aromatic heterocycles. The highest BCUT2D eigenvalue weighted by Crippen LogP contribution is 2.18. The molecule has 1 atom stereocenters. The molecule has 21 heavy (non-hydrogen) atoms. The molecule has 0 saturated carbocycles. The highest BCUT2D eigenvalue weighted by atomic mass is 32.2. The molecule has 0 amide bonds. The van der Waals surface area contributed by atoms with Crippen LogP contribution in [0.1, 0.15) is 24.1 Å². The fraction of sp³-hybridized carbons (Fsp3) is 0.333. The smallest absolute Gasteiger partial charge is 0.242 e. The van der Waals surface area contributed by atoms with Gasteiger partial charge in [0.15, 0.2) is 0 Å². The highest BCUT2D eigenvalue weighted by Gasteiger charge is 2.17. The van der Waals surface area contributed by atoms with Crippen LogP contribution in [0.4, 0.5) is 0 Å². The second-order valence-electron chi connectivity index (χ2n) is 5.09. The Morgan fingerprint density at radius 2 is 1.86 bits per heavy atom. The van der Waals surface area contributed by atoms with Gasteiger partial charge in [0.05, 0.1) is 4.90 Å². The lowest BCUT2D eigenvalue weighted by Gasteiger charge is -2.15. The summed E-state index contributed by atoms with van der Waals surface area (Å²) in [6, 6.07) is 9.31. The van der Waals surface area contributed by atoms with Crippen LogP contribution in [0, 0.1) is 0 Å². The van der Waals surface area contributed by atoms with Gasteiger partial charge >= 0.3 is 0 Å². The van der Waals surface area contributed by atoms with Gasteiger partial charge in [0.2, 0.25) is 10.0 Å². The van der Waals surface area contributed by atoms with E-state index in [1.807, 2.05) is 12.1 Å². The van der Waals surface area contributed by atoms with Crippen molar-refractivity contribution in [2.45, 2.75) is 24.4 Å². The zero-order chi connectivity index (χ0) is 15.5. The summed E-state index contributed by atoms with van der Waals surface area (Å²) in [6.45, 7) is 2.88. The van der Waals surface area contributed by atoms with Crippen LogP contribution in [0.5, 0.6) is 0 Å². The van der Waals surface area contributed by atoms with Crippen LogP contribution in [0.25, 0.3) is 0 Å². The summed E-state index contributed by atoms with van der Waals surface area (Å²) < 4.78 is 25.2. The third-order valence-corrected chi connectivity index (χ3v) is 5.91. The van der Waals surface area contributed by atoms with Gasteiger partial charge in [0, 0.05) is 26.7 Å². The van der Waals surface area contributed by atoms with Crippen molar-refractivity contribution in [1.82, 2.24) is 9.62 Å². The molecule has 0 bridgehead atoms. The normalized spacial score (nSPS) is 13.5. The zero-order valence-electron chi connectivity index (χ0n) is 12.4. The molecule has 114 valence electrons. The molecular weight excluding hydrogens is 304 g/mol. The van der Waals surface area contributed by atoms with E-state index in [9.17, 15) is 8.42 Å². The second kappa shape index (κ2) is 6.70. The number of hydrogen-bond donors (Lipinski definition) is 1. The molecular formula is C15H20N2O2S2. The van der Waals surface area contributed by atoms with Gasteiger partial charge in [-0.25, -0.2) is 12.7 Å². The van der Waals surface area contributed by atoms with Crippen molar-refractivity contribution in [1.29, 1.82) is 0 Å². The SMILES string of the molecule is CC(NCc1ccsc1)c1ccc(S(=O)(=O)N(C)C)cc1. The molecule has 0 aliphatic carbocycles. The lowest BCUT2D eigenvalue weighted by molar-refractivity contribution is 0.520. The van der Waals surface area contributed by atoms with Crippen LogP contribution in [-0.4, -0.2) is 26.8 Å². The maximum atomic E-state index is 12.0. The van der Waals surface area contributed by atoms with Crippen LogP contribution in [-0.2, 0) is 16.6 Å². The maximum absolute atomic E-state index is 12.0. The predicted octanol–water partition coefficient (Wildman–Crippen LogP) is 2.85. The average Bonchev–Trinajstić information content (AvgIpc) is 2.98. The first-order valence-corrected chi connectivity index (χ1v) is 9.06. The molecule has 1 heterocycles. The Bertz CT molecular complexity index is 662. The summed E-state index contributed by atoms with van der Waals surface area (Å²) in [7, 11) is -0.281. The maximum Gasteiger partial charge on any atom is 0.242 e. The van der Waals surface area contributed by atoms with Gasteiger partial charge in [-0.2, -0.15) is 11.3 Å². The van der Waals surface area contributed by atoms with E-state index in [-0.39, 0.29) is 6.04 Å². The Kier molecular flexibility index (Phi) is 5.16. The Hall–Kier alpha value is -1.21.